The van der Waals surface area contributed by atoms with Crippen LogP contribution in [0.15, 0.2) is 36.9 Å². The van der Waals surface area contributed by atoms with Crippen LogP contribution in [0.25, 0.3) is 11.4 Å². The predicted molar refractivity (Wildman–Crippen MR) is 161 cm³/mol. The van der Waals surface area contributed by atoms with Crippen molar-refractivity contribution in [1.82, 2.24) is 34.8 Å². The zero-order chi connectivity index (χ0) is 29.1. The largest absolute Gasteiger partial charge is 0.444 e. The number of carbonyl (C=O) groups excluding carboxylic acids is 1. The van der Waals surface area contributed by atoms with Gasteiger partial charge in [0.25, 0.3) is 0 Å². The van der Waals surface area contributed by atoms with Crippen LogP contribution in [0, 0.1) is 5.92 Å². The molecule has 1 atom stereocenters. The summed E-state index contributed by atoms with van der Waals surface area (Å²) in [5.74, 6) is 1.49. The van der Waals surface area contributed by atoms with Crippen LogP contribution in [0.1, 0.15) is 71.4 Å². The third kappa shape index (κ3) is 6.82. The topological polar surface area (TPSA) is 105 Å². The number of pyridine rings is 1. The van der Waals surface area contributed by atoms with Crippen molar-refractivity contribution < 1.29 is 9.53 Å². The smallest absolute Gasteiger partial charge is 0.410 e. The lowest BCUT2D eigenvalue weighted by atomic mass is 9.84. The van der Waals surface area contributed by atoms with Gasteiger partial charge in [-0.2, -0.15) is 0 Å². The minimum absolute atomic E-state index is 0.134. The van der Waals surface area contributed by atoms with Gasteiger partial charge >= 0.3 is 6.09 Å². The predicted octanol–water partition coefficient (Wildman–Crippen LogP) is 4.78. The molecule has 0 N–H and O–H groups in total. The maximum atomic E-state index is 13.2. The fraction of sp³-hybridized carbons (Fsp3) is 0.613. The number of anilines is 2. The van der Waals surface area contributed by atoms with E-state index in [1.165, 1.54) is 32.1 Å². The Kier molecular flexibility index (Phi) is 8.26. The lowest BCUT2D eigenvalue weighted by molar-refractivity contribution is 0.00736. The van der Waals surface area contributed by atoms with Crippen molar-refractivity contribution in [2.75, 3.05) is 42.5 Å². The van der Waals surface area contributed by atoms with Crippen LogP contribution >= 0.6 is 0 Å². The Bertz CT molecular complexity index is 1340. The lowest BCUT2D eigenvalue weighted by Gasteiger charge is -2.43. The number of hydrogen-bond acceptors (Lipinski definition) is 9. The van der Waals surface area contributed by atoms with Gasteiger partial charge in [-0.1, -0.05) is 11.6 Å². The monoisotopic (exact) mass is 573 g/mol. The van der Waals surface area contributed by atoms with Crippen LogP contribution in [-0.4, -0.2) is 85.3 Å². The van der Waals surface area contributed by atoms with E-state index in [4.69, 9.17) is 14.7 Å². The highest BCUT2D eigenvalue weighted by molar-refractivity contribution is 5.69. The van der Waals surface area contributed by atoms with Crippen molar-refractivity contribution in [2.24, 2.45) is 5.92 Å². The minimum Gasteiger partial charge on any atom is -0.444 e. The van der Waals surface area contributed by atoms with Crippen molar-refractivity contribution >= 4 is 17.6 Å². The number of piperidine rings is 1. The standard InChI is InChI=1S/C31H43N9O2/c1-31(2,3)42-30(41)40(19-23-8-6-9-23)26-10-7-15-38(21-26)25-12-11-24(33-16-25)20-39-22-28(35-36-39)27-17-32-18-29(34-27)37-13-4-5-14-37/h11-12,16-18,22-23,26H,4-10,13-15,19-21H2,1-3H3/t26-/m1/s1. The van der Waals surface area contributed by atoms with Gasteiger partial charge in [0.1, 0.15) is 22.8 Å². The molecule has 0 unspecified atom stereocenters. The molecule has 0 spiro atoms. The highest BCUT2D eigenvalue weighted by Gasteiger charge is 2.34. The molecule has 42 heavy (non-hydrogen) atoms. The van der Waals surface area contributed by atoms with Crippen molar-refractivity contribution in [3.63, 3.8) is 0 Å². The number of carbonyl (C=O) groups is 1. The second kappa shape index (κ2) is 12.2. The van der Waals surface area contributed by atoms with Crippen LogP contribution in [0.4, 0.5) is 16.3 Å². The zero-order valence-electron chi connectivity index (χ0n) is 25.2. The summed E-state index contributed by atoms with van der Waals surface area (Å²) in [6.45, 7) is 10.9. The number of hydrogen-bond donors (Lipinski definition) is 0. The molecule has 11 nitrogen and oxygen atoms in total. The second-order valence-electron chi connectivity index (χ2n) is 12.9. The summed E-state index contributed by atoms with van der Waals surface area (Å²) < 4.78 is 7.62. The highest BCUT2D eigenvalue weighted by atomic mass is 16.6. The van der Waals surface area contributed by atoms with Gasteiger partial charge in [-0.3, -0.25) is 9.97 Å². The molecule has 0 radical (unpaired) electrons. The van der Waals surface area contributed by atoms with Gasteiger partial charge in [0.15, 0.2) is 0 Å². The first-order valence-corrected chi connectivity index (χ1v) is 15.5. The van der Waals surface area contributed by atoms with Crippen LogP contribution in [0.5, 0.6) is 0 Å². The van der Waals surface area contributed by atoms with Crippen molar-refractivity contribution in [3.05, 3.63) is 42.6 Å². The Morgan fingerprint density at radius 3 is 2.50 bits per heavy atom. The summed E-state index contributed by atoms with van der Waals surface area (Å²) in [6.07, 6.45) is 15.3. The molecule has 0 bridgehead atoms. The first-order valence-electron chi connectivity index (χ1n) is 15.5. The van der Waals surface area contributed by atoms with Crippen LogP contribution < -0.4 is 9.80 Å². The van der Waals surface area contributed by atoms with E-state index in [0.29, 0.717) is 18.2 Å². The van der Waals surface area contributed by atoms with E-state index in [1.54, 1.807) is 10.9 Å². The fourth-order valence-electron chi connectivity index (χ4n) is 6.02. The van der Waals surface area contributed by atoms with Gasteiger partial charge in [-0.05, 0) is 77.3 Å². The number of ether oxygens (including phenoxy) is 1. The quantitative estimate of drug-likeness (QED) is 0.376. The summed E-state index contributed by atoms with van der Waals surface area (Å²) >= 11 is 0. The molecule has 3 fully saturated rings. The maximum absolute atomic E-state index is 13.2. The van der Waals surface area contributed by atoms with Gasteiger partial charge in [-0.25, -0.2) is 14.5 Å². The number of nitrogens with zero attached hydrogens (tertiary/aromatic N) is 9. The van der Waals surface area contributed by atoms with E-state index in [0.717, 1.165) is 68.5 Å². The molecule has 1 aliphatic carbocycles. The lowest BCUT2D eigenvalue weighted by Crippen LogP contribution is -2.53. The van der Waals surface area contributed by atoms with E-state index in [1.807, 2.05) is 50.3 Å². The Hall–Kier alpha value is -3.76. The molecule has 0 aromatic carbocycles. The van der Waals surface area contributed by atoms with Crippen LogP contribution in [-0.2, 0) is 11.3 Å². The van der Waals surface area contributed by atoms with Crippen LogP contribution in [0.2, 0.25) is 0 Å². The van der Waals surface area contributed by atoms with Gasteiger partial charge in [0.05, 0.1) is 48.8 Å². The number of amides is 1. The minimum atomic E-state index is -0.501. The zero-order valence-corrected chi connectivity index (χ0v) is 25.2. The Morgan fingerprint density at radius 2 is 1.79 bits per heavy atom. The molecule has 2 aliphatic heterocycles. The first-order chi connectivity index (χ1) is 20.3. The summed E-state index contributed by atoms with van der Waals surface area (Å²) in [4.78, 5) is 33.8. The molecule has 3 aliphatic rings. The molecule has 224 valence electrons. The third-order valence-corrected chi connectivity index (χ3v) is 8.50. The Morgan fingerprint density at radius 1 is 0.976 bits per heavy atom. The van der Waals surface area contributed by atoms with Gasteiger partial charge in [0, 0.05) is 32.7 Å². The fourth-order valence-corrected chi connectivity index (χ4v) is 6.02. The molecule has 11 heteroatoms. The van der Waals surface area contributed by atoms with Crippen LogP contribution in [0.3, 0.4) is 0 Å². The van der Waals surface area contributed by atoms with Crippen molar-refractivity contribution in [1.29, 1.82) is 0 Å². The summed E-state index contributed by atoms with van der Waals surface area (Å²) in [5, 5.41) is 8.67. The number of rotatable bonds is 8. The molecular formula is C31H43N9O2. The molecule has 6 rings (SSSR count). The van der Waals surface area contributed by atoms with E-state index in [-0.39, 0.29) is 12.1 Å². The third-order valence-electron chi connectivity index (χ3n) is 8.50. The Balaban J connectivity index is 1.09. The first kappa shape index (κ1) is 28.4. The van der Waals surface area contributed by atoms with Crippen molar-refractivity contribution in [2.45, 2.75) is 83.9 Å². The summed E-state index contributed by atoms with van der Waals surface area (Å²) in [5.41, 5.74) is 2.91. The summed E-state index contributed by atoms with van der Waals surface area (Å²) in [6, 6.07) is 4.31. The Labute approximate surface area is 248 Å². The van der Waals surface area contributed by atoms with Gasteiger partial charge in [-0.15, -0.1) is 5.10 Å². The maximum Gasteiger partial charge on any atom is 0.410 e. The molecule has 3 aromatic rings. The average Bonchev–Trinajstić information content (AvgIpc) is 3.65. The highest BCUT2D eigenvalue weighted by Crippen LogP contribution is 2.31. The average molecular weight is 574 g/mol. The normalized spacial score (nSPS) is 19.5. The van der Waals surface area contributed by atoms with E-state index in [9.17, 15) is 4.79 Å². The SMILES string of the molecule is CC(C)(C)OC(=O)N(CC1CCC1)[C@@H]1CCCN(c2ccc(Cn3cc(-c4cncc(N5CCCC5)n4)nn3)nc2)C1. The van der Waals surface area contributed by atoms with E-state index in [2.05, 4.69) is 31.2 Å². The molecule has 1 amide bonds. The number of aromatic nitrogens is 6. The molecule has 2 saturated heterocycles. The second-order valence-corrected chi connectivity index (χ2v) is 12.9. The van der Waals surface area contributed by atoms with Crippen molar-refractivity contribution in [3.8, 4) is 11.4 Å². The molecular weight excluding hydrogens is 530 g/mol. The molecule has 5 heterocycles. The van der Waals surface area contributed by atoms with Gasteiger partial charge < -0.3 is 19.4 Å². The van der Waals surface area contributed by atoms with Gasteiger partial charge in [0.2, 0.25) is 0 Å². The molecule has 1 saturated carbocycles. The molecule has 3 aromatic heterocycles. The summed E-state index contributed by atoms with van der Waals surface area (Å²) in [7, 11) is 0. The van der Waals surface area contributed by atoms with E-state index < -0.39 is 5.60 Å². The van der Waals surface area contributed by atoms with E-state index >= 15 is 0 Å².